The third kappa shape index (κ3) is 6.55. The van der Waals surface area contributed by atoms with Crippen molar-refractivity contribution in [3.8, 4) is 0 Å². The molecule has 2 saturated carbocycles. The molecule has 1 amide bonds. The predicted molar refractivity (Wildman–Crippen MR) is 89.7 cm³/mol. The number of carbonyl (C=O) groups excluding carboxylic acids is 2. The average molecular weight is 355 g/mol. The average Bonchev–Trinajstić information content (AvgIpc) is 2.61. The van der Waals surface area contributed by atoms with Crippen LogP contribution in [0.2, 0.25) is 0 Å². The number of aliphatic carboxylic acids is 1. The number of ether oxygens (including phenoxy) is 2. The van der Waals surface area contributed by atoms with Crippen LogP contribution in [0.1, 0.15) is 64.7 Å². The van der Waals surface area contributed by atoms with Crippen LogP contribution in [0.15, 0.2) is 0 Å². The van der Waals surface area contributed by atoms with Crippen molar-refractivity contribution in [2.45, 2.75) is 71.0 Å². The van der Waals surface area contributed by atoms with Gasteiger partial charge in [-0.05, 0) is 44.4 Å². The molecule has 0 bridgehead atoms. The summed E-state index contributed by atoms with van der Waals surface area (Å²) in [6.07, 6.45) is 6.27. The van der Waals surface area contributed by atoms with Gasteiger partial charge in [-0.1, -0.05) is 19.3 Å². The maximum absolute atomic E-state index is 12.0. The molecule has 1 atom stereocenters. The third-order valence-corrected chi connectivity index (χ3v) is 5.22. The summed E-state index contributed by atoms with van der Waals surface area (Å²) in [7, 11) is 0. The number of alkyl carbamates (subject to hydrolysis) is 1. The topological polar surface area (TPSA) is 102 Å². The Morgan fingerprint density at radius 3 is 2.20 bits per heavy atom. The number of rotatable bonds is 6. The molecule has 2 aliphatic carbocycles. The second kappa shape index (κ2) is 9.63. The van der Waals surface area contributed by atoms with Crippen LogP contribution in [-0.2, 0) is 19.1 Å². The highest BCUT2D eigenvalue weighted by Crippen LogP contribution is 2.28. The van der Waals surface area contributed by atoms with E-state index < -0.39 is 18.4 Å². The first kappa shape index (κ1) is 19.5. The van der Waals surface area contributed by atoms with E-state index in [9.17, 15) is 14.4 Å². The molecule has 0 saturated heterocycles. The van der Waals surface area contributed by atoms with Crippen molar-refractivity contribution in [2.75, 3.05) is 6.54 Å². The molecule has 2 aliphatic rings. The first-order chi connectivity index (χ1) is 12.0. The number of carboxylic acids is 1. The van der Waals surface area contributed by atoms with E-state index in [0.29, 0.717) is 19.4 Å². The Kier molecular flexibility index (Phi) is 7.52. The van der Waals surface area contributed by atoms with Gasteiger partial charge in [0.15, 0.2) is 0 Å². The molecule has 0 radical (unpaired) electrons. The number of hydrogen-bond acceptors (Lipinski definition) is 5. The minimum atomic E-state index is -0.905. The standard InChI is InChI=1S/C18H29NO6/c1-12(24-17(22)15-5-3-2-4-6-15)25-18(23)19-11-13-7-9-14(10-8-13)16(20)21/h12-15H,2-11H2,1H3,(H,19,23)(H,20,21). The van der Waals surface area contributed by atoms with E-state index in [1.807, 2.05) is 0 Å². The third-order valence-electron chi connectivity index (χ3n) is 5.22. The van der Waals surface area contributed by atoms with Gasteiger partial charge in [0, 0.05) is 13.5 Å². The van der Waals surface area contributed by atoms with Gasteiger partial charge in [0.2, 0.25) is 6.29 Å². The van der Waals surface area contributed by atoms with Crippen molar-refractivity contribution < 1.29 is 29.0 Å². The minimum absolute atomic E-state index is 0.0766. The largest absolute Gasteiger partial charge is 0.481 e. The van der Waals surface area contributed by atoms with Gasteiger partial charge in [-0.2, -0.15) is 0 Å². The van der Waals surface area contributed by atoms with Crippen molar-refractivity contribution >= 4 is 18.0 Å². The molecule has 142 valence electrons. The van der Waals surface area contributed by atoms with Crippen molar-refractivity contribution in [3.05, 3.63) is 0 Å². The molecule has 1 unspecified atom stereocenters. The molecule has 2 rings (SSSR count). The predicted octanol–water partition coefficient (Wildman–Crippen LogP) is 3.07. The highest BCUT2D eigenvalue weighted by Gasteiger charge is 2.27. The number of esters is 1. The number of amides is 1. The Morgan fingerprint density at radius 1 is 0.960 bits per heavy atom. The Bertz CT molecular complexity index is 466. The normalized spacial score (nSPS) is 25.6. The van der Waals surface area contributed by atoms with Crippen molar-refractivity contribution in [1.82, 2.24) is 5.32 Å². The highest BCUT2D eigenvalue weighted by atomic mass is 16.7. The van der Waals surface area contributed by atoms with Gasteiger partial charge in [0.25, 0.3) is 0 Å². The number of carbonyl (C=O) groups is 3. The molecule has 25 heavy (non-hydrogen) atoms. The summed E-state index contributed by atoms with van der Waals surface area (Å²) in [5.41, 5.74) is 0. The zero-order chi connectivity index (χ0) is 18.2. The van der Waals surface area contributed by atoms with Crippen LogP contribution in [0.25, 0.3) is 0 Å². The minimum Gasteiger partial charge on any atom is -0.481 e. The Hall–Kier alpha value is -1.79. The molecule has 7 nitrogen and oxygen atoms in total. The second-order valence-corrected chi connectivity index (χ2v) is 7.18. The van der Waals surface area contributed by atoms with Crippen molar-refractivity contribution in [2.24, 2.45) is 17.8 Å². The summed E-state index contributed by atoms with van der Waals surface area (Å²) in [6, 6.07) is 0. The zero-order valence-corrected chi connectivity index (χ0v) is 14.9. The quantitative estimate of drug-likeness (QED) is 0.561. The van der Waals surface area contributed by atoms with Crippen LogP contribution in [-0.4, -0.2) is 36.0 Å². The first-order valence-electron chi connectivity index (χ1n) is 9.33. The summed E-state index contributed by atoms with van der Waals surface area (Å²) in [4.78, 5) is 34.7. The van der Waals surface area contributed by atoms with Gasteiger partial charge in [0.1, 0.15) is 0 Å². The summed E-state index contributed by atoms with van der Waals surface area (Å²) in [5, 5.41) is 11.7. The lowest BCUT2D eigenvalue weighted by Crippen LogP contribution is -2.35. The van der Waals surface area contributed by atoms with Crippen LogP contribution < -0.4 is 5.32 Å². The number of nitrogens with one attached hydrogen (secondary N) is 1. The van der Waals surface area contributed by atoms with Crippen LogP contribution in [0.4, 0.5) is 4.79 Å². The van der Waals surface area contributed by atoms with E-state index in [1.165, 1.54) is 0 Å². The lowest BCUT2D eigenvalue weighted by Gasteiger charge is -2.26. The van der Waals surface area contributed by atoms with E-state index >= 15 is 0 Å². The Labute approximate surface area is 148 Å². The highest BCUT2D eigenvalue weighted by molar-refractivity contribution is 5.73. The SMILES string of the molecule is CC(OC(=O)NCC1CCC(C(=O)O)CC1)OC(=O)C1CCCCC1. The van der Waals surface area contributed by atoms with E-state index in [0.717, 1.165) is 44.9 Å². The molecule has 0 spiro atoms. The lowest BCUT2D eigenvalue weighted by molar-refractivity contribution is -0.171. The molecule has 7 heteroatoms. The lowest BCUT2D eigenvalue weighted by atomic mass is 9.82. The molecular weight excluding hydrogens is 326 g/mol. The van der Waals surface area contributed by atoms with Gasteiger partial charge in [-0.3, -0.25) is 9.59 Å². The van der Waals surface area contributed by atoms with Crippen molar-refractivity contribution in [3.63, 3.8) is 0 Å². The molecule has 0 aromatic carbocycles. The van der Waals surface area contributed by atoms with Crippen LogP contribution >= 0.6 is 0 Å². The molecule has 2 fully saturated rings. The van der Waals surface area contributed by atoms with Crippen LogP contribution in [0, 0.1) is 17.8 Å². The first-order valence-corrected chi connectivity index (χ1v) is 9.33. The molecule has 0 aliphatic heterocycles. The van der Waals surface area contributed by atoms with Gasteiger partial charge in [0.05, 0.1) is 11.8 Å². The fraction of sp³-hybridized carbons (Fsp3) is 0.833. The van der Waals surface area contributed by atoms with Gasteiger partial charge in [-0.15, -0.1) is 0 Å². The van der Waals surface area contributed by atoms with E-state index in [4.69, 9.17) is 14.6 Å². The maximum Gasteiger partial charge on any atom is 0.410 e. The zero-order valence-electron chi connectivity index (χ0n) is 14.9. The van der Waals surface area contributed by atoms with E-state index in [1.54, 1.807) is 6.92 Å². The summed E-state index contributed by atoms with van der Waals surface area (Å²) in [5.74, 6) is -1.09. The van der Waals surface area contributed by atoms with Gasteiger partial charge in [-0.25, -0.2) is 4.79 Å². The summed E-state index contributed by atoms with van der Waals surface area (Å²) < 4.78 is 10.3. The van der Waals surface area contributed by atoms with Crippen molar-refractivity contribution in [1.29, 1.82) is 0 Å². The van der Waals surface area contributed by atoms with E-state index in [-0.39, 0.29) is 23.7 Å². The van der Waals surface area contributed by atoms with Gasteiger partial charge >= 0.3 is 18.0 Å². The summed E-state index contributed by atoms with van der Waals surface area (Å²) in [6.45, 7) is 1.99. The van der Waals surface area contributed by atoms with E-state index in [2.05, 4.69) is 5.32 Å². The molecule has 0 aromatic heterocycles. The Morgan fingerprint density at radius 2 is 1.60 bits per heavy atom. The van der Waals surface area contributed by atoms with Crippen LogP contribution in [0.5, 0.6) is 0 Å². The molecule has 0 aromatic rings. The summed E-state index contributed by atoms with van der Waals surface area (Å²) >= 11 is 0. The number of hydrogen-bond donors (Lipinski definition) is 2. The fourth-order valence-corrected chi connectivity index (χ4v) is 3.66. The number of carboxylic acid groups (broad SMARTS) is 1. The fourth-order valence-electron chi connectivity index (χ4n) is 3.66. The van der Waals surface area contributed by atoms with Gasteiger partial charge < -0.3 is 19.9 Å². The molecule has 2 N–H and O–H groups in total. The van der Waals surface area contributed by atoms with Crippen LogP contribution in [0.3, 0.4) is 0 Å². The monoisotopic (exact) mass is 355 g/mol. The molecular formula is C18H29NO6. The Balaban J connectivity index is 1.61. The maximum atomic E-state index is 12.0. The second-order valence-electron chi connectivity index (χ2n) is 7.18. The smallest absolute Gasteiger partial charge is 0.410 e. The molecule has 0 heterocycles.